The SMILES string of the molecule is COc1cc2c(cc1OC)[C@@]13C=CC(=O)CC1N(CC3)C2. The average Bonchev–Trinajstić information content (AvgIpc) is 2.78. The highest BCUT2D eigenvalue weighted by Crippen LogP contribution is 2.52. The molecule has 0 amide bonds. The van der Waals surface area contributed by atoms with E-state index in [4.69, 9.17) is 9.47 Å². The van der Waals surface area contributed by atoms with Gasteiger partial charge in [0.25, 0.3) is 0 Å². The van der Waals surface area contributed by atoms with E-state index in [2.05, 4.69) is 23.1 Å². The summed E-state index contributed by atoms with van der Waals surface area (Å²) < 4.78 is 10.9. The fourth-order valence-electron chi connectivity index (χ4n) is 4.28. The third kappa shape index (κ3) is 1.62. The molecule has 4 rings (SSSR count). The largest absolute Gasteiger partial charge is 0.493 e. The number of allylic oxidation sites excluding steroid dienone is 1. The first-order valence-corrected chi connectivity index (χ1v) is 7.39. The molecule has 2 aliphatic heterocycles. The van der Waals surface area contributed by atoms with E-state index in [1.165, 1.54) is 11.1 Å². The number of hydrogen-bond acceptors (Lipinski definition) is 4. The van der Waals surface area contributed by atoms with Crippen molar-refractivity contribution in [1.82, 2.24) is 4.90 Å². The second-order valence-electron chi connectivity index (χ2n) is 6.14. The second kappa shape index (κ2) is 4.34. The van der Waals surface area contributed by atoms with E-state index in [1.54, 1.807) is 20.3 Å². The first-order chi connectivity index (χ1) is 10.2. The Balaban J connectivity index is 1.93. The first-order valence-electron chi connectivity index (χ1n) is 7.39. The number of carbonyl (C=O) groups is 1. The zero-order valence-corrected chi connectivity index (χ0v) is 12.4. The van der Waals surface area contributed by atoms with Crippen LogP contribution in [0.15, 0.2) is 24.3 Å². The van der Waals surface area contributed by atoms with Crippen molar-refractivity contribution in [2.75, 3.05) is 20.8 Å². The van der Waals surface area contributed by atoms with Crippen LogP contribution >= 0.6 is 0 Å². The summed E-state index contributed by atoms with van der Waals surface area (Å²) in [4.78, 5) is 14.3. The molecule has 0 radical (unpaired) electrons. The lowest BCUT2D eigenvalue weighted by Crippen LogP contribution is -2.48. The molecule has 0 N–H and O–H groups in total. The van der Waals surface area contributed by atoms with Crippen LogP contribution in [-0.2, 0) is 16.8 Å². The summed E-state index contributed by atoms with van der Waals surface area (Å²) >= 11 is 0. The summed E-state index contributed by atoms with van der Waals surface area (Å²) in [6, 6.07) is 4.51. The number of hydrogen-bond donors (Lipinski definition) is 0. The Morgan fingerprint density at radius 1 is 1.24 bits per heavy atom. The average molecular weight is 285 g/mol. The summed E-state index contributed by atoms with van der Waals surface area (Å²) in [6.07, 6.45) is 5.60. The van der Waals surface area contributed by atoms with Crippen LogP contribution in [0.4, 0.5) is 0 Å². The van der Waals surface area contributed by atoms with Gasteiger partial charge in [0.2, 0.25) is 0 Å². The molecule has 0 aromatic heterocycles. The smallest absolute Gasteiger partial charge is 0.161 e. The normalized spacial score (nSPS) is 32.6. The van der Waals surface area contributed by atoms with E-state index in [0.29, 0.717) is 12.5 Å². The fourth-order valence-corrected chi connectivity index (χ4v) is 4.28. The number of ketones is 1. The van der Waals surface area contributed by atoms with E-state index < -0.39 is 0 Å². The highest BCUT2D eigenvalue weighted by Gasteiger charge is 2.53. The topological polar surface area (TPSA) is 38.8 Å². The Hall–Kier alpha value is -1.81. The van der Waals surface area contributed by atoms with Gasteiger partial charge in [-0.05, 0) is 35.8 Å². The van der Waals surface area contributed by atoms with Gasteiger partial charge in [0, 0.05) is 31.0 Å². The monoisotopic (exact) mass is 285 g/mol. The molecule has 110 valence electrons. The van der Waals surface area contributed by atoms with Crippen molar-refractivity contribution in [3.8, 4) is 11.5 Å². The predicted octanol–water partition coefficient (Wildman–Crippen LogP) is 2.06. The Morgan fingerprint density at radius 2 is 2.00 bits per heavy atom. The number of carbonyl (C=O) groups excluding carboxylic acids is 1. The summed E-state index contributed by atoms with van der Waals surface area (Å²) in [5, 5.41) is 0. The minimum Gasteiger partial charge on any atom is -0.493 e. The van der Waals surface area contributed by atoms with Crippen LogP contribution < -0.4 is 9.47 Å². The number of fused-ring (bicyclic) bond motifs is 1. The molecule has 1 saturated heterocycles. The highest BCUT2D eigenvalue weighted by molar-refractivity contribution is 5.92. The molecule has 0 spiro atoms. The quantitative estimate of drug-likeness (QED) is 0.834. The van der Waals surface area contributed by atoms with Crippen LogP contribution in [0.3, 0.4) is 0 Å². The van der Waals surface area contributed by atoms with E-state index in [-0.39, 0.29) is 11.2 Å². The number of ether oxygens (including phenoxy) is 2. The van der Waals surface area contributed by atoms with Gasteiger partial charge in [-0.2, -0.15) is 0 Å². The number of nitrogens with zero attached hydrogens (tertiary/aromatic N) is 1. The first kappa shape index (κ1) is 12.9. The van der Waals surface area contributed by atoms with E-state index in [9.17, 15) is 4.79 Å². The van der Waals surface area contributed by atoms with Crippen molar-refractivity contribution in [2.45, 2.75) is 30.8 Å². The van der Waals surface area contributed by atoms with Gasteiger partial charge < -0.3 is 9.47 Å². The lowest BCUT2D eigenvalue weighted by Gasteiger charge is -2.44. The summed E-state index contributed by atoms with van der Waals surface area (Å²) in [6.45, 7) is 1.94. The number of methoxy groups -OCH3 is 2. The molecule has 1 fully saturated rings. The molecule has 1 aliphatic carbocycles. The van der Waals surface area contributed by atoms with Crippen molar-refractivity contribution >= 4 is 5.78 Å². The van der Waals surface area contributed by atoms with E-state index in [1.807, 2.05) is 0 Å². The van der Waals surface area contributed by atoms with Crippen molar-refractivity contribution in [3.05, 3.63) is 35.4 Å². The van der Waals surface area contributed by atoms with E-state index in [0.717, 1.165) is 31.0 Å². The lowest BCUT2D eigenvalue weighted by atomic mass is 9.67. The number of benzene rings is 1. The Morgan fingerprint density at radius 3 is 2.76 bits per heavy atom. The lowest BCUT2D eigenvalue weighted by molar-refractivity contribution is -0.116. The molecule has 2 heterocycles. The zero-order valence-electron chi connectivity index (χ0n) is 12.4. The van der Waals surface area contributed by atoms with Crippen molar-refractivity contribution in [3.63, 3.8) is 0 Å². The molecule has 0 saturated carbocycles. The van der Waals surface area contributed by atoms with Crippen molar-refractivity contribution in [2.24, 2.45) is 0 Å². The third-order valence-corrected chi connectivity index (χ3v) is 5.29. The minimum atomic E-state index is -0.0267. The van der Waals surface area contributed by atoms with Gasteiger partial charge in [0.05, 0.1) is 14.2 Å². The van der Waals surface area contributed by atoms with Gasteiger partial charge in [-0.3, -0.25) is 9.69 Å². The molecule has 2 unspecified atom stereocenters. The molecule has 4 nitrogen and oxygen atoms in total. The maximum Gasteiger partial charge on any atom is 0.161 e. The van der Waals surface area contributed by atoms with Gasteiger partial charge in [0.1, 0.15) is 0 Å². The zero-order chi connectivity index (χ0) is 14.6. The number of rotatable bonds is 2. The molecule has 3 aliphatic rings. The van der Waals surface area contributed by atoms with Crippen LogP contribution in [0.1, 0.15) is 24.0 Å². The van der Waals surface area contributed by atoms with Crippen molar-refractivity contribution in [1.29, 1.82) is 0 Å². The maximum absolute atomic E-state index is 11.8. The predicted molar refractivity (Wildman–Crippen MR) is 78.8 cm³/mol. The molecular weight excluding hydrogens is 266 g/mol. The highest BCUT2D eigenvalue weighted by atomic mass is 16.5. The molecule has 4 heteroatoms. The Bertz CT molecular complexity index is 652. The fraction of sp³-hybridized carbons (Fsp3) is 0.471. The molecule has 3 atom stereocenters. The summed E-state index contributed by atoms with van der Waals surface area (Å²) in [7, 11) is 3.34. The van der Waals surface area contributed by atoms with Gasteiger partial charge in [0.15, 0.2) is 17.3 Å². The van der Waals surface area contributed by atoms with Gasteiger partial charge in [-0.1, -0.05) is 6.08 Å². The molecule has 2 bridgehead atoms. The summed E-state index contributed by atoms with van der Waals surface area (Å²) in [5.74, 6) is 1.80. The van der Waals surface area contributed by atoms with Crippen LogP contribution in [-0.4, -0.2) is 37.5 Å². The Labute approximate surface area is 124 Å². The van der Waals surface area contributed by atoms with Gasteiger partial charge >= 0.3 is 0 Å². The summed E-state index contributed by atoms with van der Waals surface area (Å²) in [5.41, 5.74) is 2.57. The molecule has 1 aromatic rings. The van der Waals surface area contributed by atoms with Crippen LogP contribution in [0, 0.1) is 0 Å². The van der Waals surface area contributed by atoms with Gasteiger partial charge in [-0.15, -0.1) is 0 Å². The molecule has 1 aromatic carbocycles. The van der Waals surface area contributed by atoms with Crippen molar-refractivity contribution < 1.29 is 14.3 Å². The standard InChI is InChI=1S/C17H19NO3/c1-20-14-7-11-10-18-6-5-17(13(11)9-15(14)21-2)4-3-12(19)8-16(17)18/h3-4,7,9,16H,5-6,8,10H2,1-2H3/t16?,17-/m0/s1. The third-order valence-electron chi connectivity index (χ3n) is 5.29. The van der Waals surface area contributed by atoms with Gasteiger partial charge in [-0.25, -0.2) is 0 Å². The van der Waals surface area contributed by atoms with Crippen LogP contribution in [0.2, 0.25) is 0 Å². The van der Waals surface area contributed by atoms with E-state index >= 15 is 0 Å². The van der Waals surface area contributed by atoms with Crippen LogP contribution in [0.5, 0.6) is 11.5 Å². The van der Waals surface area contributed by atoms with Crippen LogP contribution in [0.25, 0.3) is 0 Å². The molecular formula is C17H19NO3. The minimum absolute atomic E-state index is 0.0267. The Kier molecular flexibility index (Phi) is 2.67. The second-order valence-corrected chi connectivity index (χ2v) is 6.14. The molecule has 21 heavy (non-hydrogen) atoms. The maximum atomic E-state index is 11.8.